The Morgan fingerprint density at radius 2 is 1.35 bits per heavy atom. The molecular weight excluding hydrogens is 308 g/mol. The lowest BCUT2D eigenvalue weighted by atomic mass is 9.92. The molecule has 1 heteroatoms. The molecule has 0 heterocycles. The van der Waals surface area contributed by atoms with Crippen LogP contribution in [-0.4, -0.2) is 0 Å². The molecule has 0 N–H and O–H groups in total. The smallest absolute Gasteiger partial charge is 0.0332 e. The van der Waals surface area contributed by atoms with E-state index in [2.05, 4.69) is 77.1 Å². The Labute approximate surface area is 127 Å². The molecule has 0 aliphatic carbocycles. The maximum Gasteiger partial charge on any atom is 0.0332 e. The van der Waals surface area contributed by atoms with Gasteiger partial charge in [-0.25, -0.2) is 0 Å². The van der Waals surface area contributed by atoms with Crippen molar-refractivity contribution < 1.29 is 0 Å². The average Bonchev–Trinajstić information content (AvgIpc) is 2.48. The second-order valence-corrected chi connectivity index (χ2v) is 5.60. The van der Waals surface area contributed by atoms with Gasteiger partial charge in [0.1, 0.15) is 0 Å². The van der Waals surface area contributed by atoms with Gasteiger partial charge in [-0.05, 0) is 55.5 Å². The van der Waals surface area contributed by atoms with Gasteiger partial charge in [0.05, 0.1) is 0 Å². The molecule has 0 amide bonds. The van der Waals surface area contributed by atoms with Crippen molar-refractivity contribution in [2.24, 2.45) is 0 Å². The first-order valence-electron chi connectivity index (χ1n) is 6.65. The normalized spacial score (nSPS) is 11.5. The molecule has 3 aromatic carbocycles. The van der Waals surface area contributed by atoms with Gasteiger partial charge in [-0.2, -0.15) is 0 Å². The average molecular weight is 323 g/mol. The minimum absolute atomic E-state index is 1.05. The molecule has 98 valence electrons. The van der Waals surface area contributed by atoms with Gasteiger partial charge in [0.25, 0.3) is 0 Å². The number of hydrogen-bond donors (Lipinski definition) is 0. The summed E-state index contributed by atoms with van der Waals surface area (Å²) in [5, 5.41) is 4.93. The highest BCUT2D eigenvalue weighted by Crippen LogP contribution is 2.39. The minimum Gasteiger partial charge on any atom is -0.0911 e. The molecule has 0 aromatic heterocycles. The second-order valence-electron chi connectivity index (χ2n) is 4.81. The fraction of sp³-hybridized carbons (Fsp3) is 0.0526. The molecule has 0 saturated heterocycles. The van der Waals surface area contributed by atoms with Crippen molar-refractivity contribution in [1.29, 1.82) is 0 Å². The molecule has 0 unspecified atom stereocenters. The fourth-order valence-electron chi connectivity index (χ4n) is 2.71. The molecule has 3 aromatic rings. The van der Waals surface area contributed by atoms with E-state index in [1.165, 1.54) is 27.1 Å². The summed E-state index contributed by atoms with van der Waals surface area (Å²) in [7, 11) is 0. The Balaban J connectivity index is 2.56. The minimum atomic E-state index is 1.05. The Kier molecular flexibility index (Phi) is 3.45. The topological polar surface area (TPSA) is 0 Å². The van der Waals surface area contributed by atoms with E-state index in [9.17, 15) is 0 Å². The van der Waals surface area contributed by atoms with Gasteiger partial charge in [-0.3, -0.25) is 0 Å². The predicted octanol–water partition coefficient (Wildman–Crippen LogP) is 6.34. The Hall–Kier alpha value is -1.86. The summed E-state index contributed by atoms with van der Waals surface area (Å²) < 4.78 is 1.15. The van der Waals surface area contributed by atoms with Gasteiger partial charge in [-0.15, -0.1) is 0 Å². The van der Waals surface area contributed by atoms with Crippen molar-refractivity contribution in [1.82, 2.24) is 0 Å². The Morgan fingerprint density at radius 1 is 0.900 bits per heavy atom. The number of halogens is 1. The second kappa shape index (κ2) is 5.26. The molecule has 0 aliphatic rings. The lowest BCUT2D eigenvalue weighted by Gasteiger charge is -2.14. The van der Waals surface area contributed by atoms with E-state index in [4.69, 9.17) is 0 Å². The first-order valence-corrected chi connectivity index (χ1v) is 7.44. The van der Waals surface area contributed by atoms with Crippen molar-refractivity contribution in [3.8, 4) is 0 Å². The monoisotopic (exact) mass is 322 g/mol. The van der Waals surface area contributed by atoms with Crippen LogP contribution in [0.4, 0.5) is 0 Å². The van der Waals surface area contributed by atoms with E-state index in [1.807, 2.05) is 13.0 Å². The Bertz CT molecular complexity index is 784. The Morgan fingerprint density at radius 3 is 1.80 bits per heavy atom. The first-order chi connectivity index (χ1) is 9.74. The van der Waals surface area contributed by atoms with Gasteiger partial charge in [0, 0.05) is 4.47 Å². The third kappa shape index (κ3) is 1.99. The number of benzene rings is 3. The summed E-state index contributed by atoms with van der Waals surface area (Å²) in [5.74, 6) is 0. The first kappa shape index (κ1) is 13.1. The van der Waals surface area contributed by atoms with Crippen LogP contribution in [0.3, 0.4) is 0 Å². The summed E-state index contributed by atoms with van der Waals surface area (Å²) in [5.41, 5.74) is 2.27. The van der Waals surface area contributed by atoms with Crippen molar-refractivity contribution in [2.45, 2.75) is 6.92 Å². The summed E-state index contributed by atoms with van der Waals surface area (Å²) in [4.78, 5) is 0. The zero-order valence-electron chi connectivity index (χ0n) is 11.4. The van der Waals surface area contributed by atoms with E-state index in [-0.39, 0.29) is 0 Å². The van der Waals surface area contributed by atoms with Crippen molar-refractivity contribution in [2.75, 3.05) is 0 Å². The molecule has 0 radical (unpaired) electrons. The van der Waals surface area contributed by atoms with Crippen LogP contribution in [0.25, 0.3) is 27.1 Å². The highest BCUT2D eigenvalue weighted by atomic mass is 79.9. The molecule has 0 nitrogen and oxygen atoms in total. The molecule has 0 saturated carbocycles. The quantitative estimate of drug-likeness (QED) is 0.381. The van der Waals surface area contributed by atoms with Gasteiger partial charge >= 0.3 is 0 Å². The molecule has 0 spiro atoms. The molecule has 0 atom stereocenters. The van der Waals surface area contributed by atoms with E-state index in [0.29, 0.717) is 0 Å². The largest absolute Gasteiger partial charge is 0.0911 e. The predicted molar refractivity (Wildman–Crippen MR) is 93.0 cm³/mol. The summed E-state index contributed by atoms with van der Waals surface area (Å²) in [6.07, 6.45) is 4.11. The van der Waals surface area contributed by atoms with Crippen LogP contribution in [0, 0.1) is 0 Å². The van der Waals surface area contributed by atoms with Crippen molar-refractivity contribution in [3.63, 3.8) is 0 Å². The van der Waals surface area contributed by atoms with E-state index in [0.717, 1.165) is 10.0 Å². The van der Waals surface area contributed by atoms with Crippen LogP contribution in [0.2, 0.25) is 0 Å². The summed E-state index contributed by atoms with van der Waals surface area (Å²) in [6.45, 7) is 6.26. The van der Waals surface area contributed by atoms with Gasteiger partial charge in [0.15, 0.2) is 0 Å². The highest BCUT2D eigenvalue weighted by Gasteiger charge is 2.12. The molecule has 20 heavy (non-hydrogen) atoms. The van der Waals surface area contributed by atoms with E-state index >= 15 is 0 Å². The number of allylic oxidation sites excluding steroid dienone is 3. The third-order valence-electron chi connectivity index (χ3n) is 3.55. The van der Waals surface area contributed by atoms with Gasteiger partial charge < -0.3 is 0 Å². The third-order valence-corrected chi connectivity index (χ3v) is 4.41. The van der Waals surface area contributed by atoms with E-state index < -0.39 is 0 Å². The van der Waals surface area contributed by atoms with E-state index in [1.54, 1.807) is 0 Å². The number of hydrogen-bond acceptors (Lipinski definition) is 0. The fourth-order valence-corrected chi connectivity index (χ4v) is 3.40. The van der Waals surface area contributed by atoms with Crippen LogP contribution in [0.1, 0.15) is 12.5 Å². The highest BCUT2D eigenvalue weighted by molar-refractivity contribution is 9.10. The zero-order chi connectivity index (χ0) is 14.1. The number of rotatable bonds is 2. The zero-order valence-corrected chi connectivity index (χ0v) is 12.9. The summed E-state index contributed by atoms with van der Waals surface area (Å²) in [6, 6.07) is 16.9. The molecule has 0 fully saturated rings. The maximum absolute atomic E-state index is 4.24. The van der Waals surface area contributed by atoms with Crippen LogP contribution in [0.5, 0.6) is 0 Å². The molecule has 0 aliphatic heterocycles. The van der Waals surface area contributed by atoms with Crippen LogP contribution >= 0.6 is 15.9 Å². The van der Waals surface area contributed by atoms with Crippen molar-refractivity contribution >= 4 is 43.0 Å². The van der Waals surface area contributed by atoms with Crippen LogP contribution in [-0.2, 0) is 0 Å². The summed E-state index contributed by atoms with van der Waals surface area (Å²) >= 11 is 3.76. The van der Waals surface area contributed by atoms with Gasteiger partial charge in [0.2, 0.25) is 0 Å². The molecular formula is C19H15Br. The van der Waals surface area contributed by atoms with Crippen LogP contribution in [0.15, 0.2) is 71.7 Å². The SMILES string of the molecule is C=C(/C=C\C)c1c2ccccc2c(Br)c2ccccc12. The molecule has 3 rings (SSSR count). The van der Waals surface area contributed by atoms with Gasteiger partial charge in [-0.1, -0.05) is 67.3 Å². The standard InChI is InChI=1S/C19H15Br/c1-3-8-13(2)18-14-9-4-6-11-16(14)19(20)17-12-7-5-10-15(17)18/h3-12H,2H2,1H3/b8-3-. The molecule has 0 bridgehead atoms. The van der Waals surface area contributed by atoms with Crippen molar-refractivity contribution in [3.05, 3.63) is 77.3 Å². The lowest BCUT2D eigenvalue weighted by Crippen LogP contribution is -1.89. The van der Waals surface area contributed by atoms with Crippen LogP contribution < -0.4 is 0 Å². The lowest BCUT2D eigenvalue weighted by molar-refractivity contribution is 1.68. The maximum atomic E-state index is 4.24. The number of fused-ring (bicyclic) bond motifs is 2.